The van der Waals surface area contributed by atoms with Gasteiger partial charge in [-0.05, 0) is 45.6 Å². The zero-order chi connectivity index (χ0) is 21.9. The second-order valence-corrected chi connectivity index (χ2v) is 8.05. The molecule has 0 aromatic carbocycles. The Morgan fingerprint density at radius 3 is 2.31 bits per heavy atom. The van der Waals surface area contributed by atoms with E-state index in [1.165, 1.54) is 10.8 Å². The summed E-state index contributed by atoms with van der Waals surface area (Å²) in [7, 11) is 0. The molecule has 156 valence electrons. The molecule has 2 aromatic rings. The molecule has 2 heterocycles. The van der Waals surface area contributed by atoms with Crippen LogP contribution in [0.2, 0.25) is 0 Å². The van der Waals surface area contributed by atoms with Crippen molar-refractivity contribution in [2.24, 2.45) is 0 Å². The maximum absolute atomic E-state index is 14.0. The minimum atomic E-state index is -5.18. The van der Waals surface area contributed by atoms with Crippen molar-refractivity contribution in [3.8, 4) is 6.07 Å². The minimum Gasteiger partial charge on any atom is -0.326 e. The first-order valence-corrected chi connectivity index (χ1v) is 8.84. The van der Waals surface area contributed by atoms with E-state index in [4.69, 9.17) is 0 Å². The van der Waals surface area contributed by atoms with Gasteiger partial charge < -0.3 is 4.57 Å². The number of carbonyl (C=O) groups excluding carboxylic acids is 1. The van der Waals surface area contributed by atoms with Crippen molar-refractivity contribution in [3.63, 3.8) is 0 Å². The molecule has 1 unspecified atom stereocenters. The Kier molecular flexibility index (Phi) is 4.72. The van der Waals surface area contributed by atoms with Gasteiger partial charge in [0.15, 0.2) is 0 Å². The number of fused-ring (bicyclic) bond motifs is 2. The zero-order valence-corrected chi connectivity index (χ0v) is 15.8. The van der Waals surface area contributed by atoms with Crippen LogP contribution < -0.4 is 0 Å². The SMILES string of the molecule is CC(C)(C)n1cc(C#N)c2c(C(F)(F)F)c3c(nc21)C(C(=O)C(F)(F)F)CCC3. The first-order chi connectivity index (χ1) is 13.2. The number of carbonyl (C=O) groups is 1. The van der Waals surface area contributed by atoms with Crippen molar-refractivity contribution in [1.82, 2.24) is 9.55 Å². The third-order valence-electron chi connectivity index (χ3n) is 5.04. The molecule has 0 saturated carbocycles. The molecule has 0 radical (unpaired) electrons. The lowest BCUT2D eigenvalue weighted by Crippen LogP contribution is -2.33. The van der Waals surface area contributed by atoms with E-state index < -0.39 is 51.8 Å². The van der Waals surface area contributed by atoms with Crippen LogP contribution in [0, 0.1) is 11.3 Å². The van der Waals surface area contributed by atoms with Crippen LogP contribution in [0.5, 0.6) is 0 Å². The summed E-state index contributed by atoms with van der Waals surface area (Å²) in [6.45, 7) is 5.00. The van der Waals surface area contributed by atoms with Crippen LogP contribution in [0.4, 0.5) is 26.3 Å². The third kappa shape index (κ3) is 3.47. The summed E-state index contributed by atoms with van der Waals surface area (Å²) in [6.07, 6.45) is -9.30. The molecule has 0 aliphatic heterocycles. The highest BCUT2D eigenvalue weighted by atomic mass is 19.4. The average Bonchev–Trinajstić information content (AvgIpc) is 2.95. The normalized spacial score (nSPS) is 17.9. The van der Waals surface area contributed by atoms with Gasteiger partial charge in [0.05, 0.1) is 22.7 Å². The summed E-state index contributed by atoms with van der Waals surface area (Å²) in [6, 6.07) is 1.73. The Bertz CT molecular complexity index is 1030. The van der Waals surface area contributed by atoms with Gasteiger partial charge in [-0.25, -0.2) is 4.98 Å². The summed E-state index contributed by atoms with van der Waals surface area (Å²) >= 11 is 0. The summed E-state index contributed by atoms with van der Waals surface area (Å²) in [5.41, 5.74) is -3.40. The fourth-order valence-corrected chi connectivity index (χ4v) is 3.84. The van der Waals surface area contributed by atoms with Gasteiger partial charge in [0.25, 0.3) is 0 Å². The summed E-state index contributed by atoms with van der Waals surface area (Å²) < 4.78 is 82.6. The molecule has 1 aliphatic rings. The van der Waals surface area contributed by atoms with Crippen LogP contribution in [-0.4, -0.2) is 21.5 Å². The number of ketones is 1. The fraction of sp³-hybridized carbons (Fsp3) is 0.526. The first-order valence-electron chi connectivity index (χ1n) is 8.84. The van der Waals surface area contributed by atoms with Crippen LogP contribution in [0.1, 0.15) is 61.9 Å². The summed E-state index contributed by atoms with van der Waals surface area (Å²) in [5, 5.41) is 8.96. The van der Waals surface area contributed by atoms with E-state index in [9.17, 15) is 36.4 Å². The summed E-state index contributed by atoms with van der Waals surface area (Å²) in [4.78, 5) is 16.0. The molecule has 2 aromatic heterocycles. The van der Waals surface area contributed by atoms with Gasteiger partial charge in [-0.1, -0.05) is 0 Å². The zero-order valence-electron chi connectivity index (χ0n) is 15.8. The number of halogens is 6. The Hall–Kier alpha value is -2.57. The molecule has 29 heavy (non-hydrogen) atoms. The average molecular weight is 417 g/mol. The molecular formula is C19H17F6N3O. The van der Waals surface area contributed by atoms with E-state index in [1.54, 1.807) is 26.8 Å². The first kappa shape index (κ1) is 21.1. The van der Waals surface area contributed by atoms with Crippen LogP contribution in [-0.2, 0) is 22.9 Å². The largest absolute Gasteiger partial charge is 0.450 e. The maximum atomic E-state index is 14.0. The fourth-order valence-electron chi connectivity index (χ4n) is 3.84. The van der Waals surface area contributed by atoms with Gasteiger partial charge in [-0.3, -0.25) is 4.79 Å². The van der Waals surface area contributed by atoms with Crippen LogP contribution in [0.15, 0.2) is 6.20 Å². The molecule has 0 saturated heterocycles. The minimum absolute atomic E-state index is 0.0163. The molecule has 10 heteroatoms. The molecule has 0 bridgehead atoms. The number of hydrogen-bond acceptors (Lipinski definition) is 3. The molecule has 0 N–H and O–H groups in total. The number of Topliss-reactive ketones (excluding diaryl/α,β-unsaturated/α-hetero) is 1. The molecule has 1 aliphatic carbocycles. The Balaban J connectivity index is 2.47. The molecule has 4 nitrogen and oxygen atoms in total. The molecule has 1 atom stereocenters. The highest BCUT2D eigenvalue weighted by Crippen LogP contribution is 2.46. The van der Waals surface area contributed by atoms with E-state index >= 15 is 0 Å². The second kappa shape index (κ2) is 6.47. The Morgan fingerprint density at radius 1 is 1.21 bits per heavy atom. The van der Waals surface area contributed by atoms with Crippen molar-refractivity contribution < 1.29 is 31.1 Å². The van der Waals surface area contributed by atoms with E-state index in [2.05, 4.69) is 4.98 Å². The van der Waals surface area contributed by atoms with E-state index in [-0.39, 0.29) is 30.5 Å². The number of rotatable bonds is 1. The molecule has 3 rings (SSSR count). The lowest BCUT2D eigenvalue weighted by Gasteiger charge is -2.28. The third-order valence-corrected chi connectivity index (χ3v) is 5.04. The van der Waals surface area contributed by atoms with Crippen LogP contribution >= 0.6 is 0 Å². The molecule has 0 fully saturated rings. The lowest BCUT2D eigenvalue weighted by molar-refractivity contribution is -0.173. The number of hydrogen-bond donors (Lipinski definition) is 0. The highest BCUT2D eigenvalue weighted by molar-refractivity contribution is 5.93. The molecule has 0 amide bonds. The van der Waals surface area contributed by atoms with E-state index in [0.717, 1.165) is 0 Å². The van der Waals surface area contributed by atoms with Crippen molar-refractivity contribution in [3.05, 3.63) is 28.6 Å². The van der Waals surface area contributed by atoms with Crippen LogP contribution in [0.25, 0.3) is 11.0 Å². The van der Waals surface area contributed by atoms with Gasteiger partial charge in [-0.2, -0.15) is 31.6 Å². The van der Waals surface area contributed by atoms with Crippen molar-refractivity contribution >= 4 is 16.8 Å². The number of nitriles is 1. The van der Waals surface area contributed by atoms with Crippen LogP contribution in [0.3, 0.4) is 0 Å². The predicted molar refractivity (Wildman–Crippen MR) is 91.2 cm³/mol. The van der Waals surface area contributed by atoms with E-state index in [1.807, 2.05) is 0 Å². The Labute approximate surface area is 162 Å². The predicted octanol–water partition coefficient (Wildman–Crippen LogP) is 5.23. The van der Waals surface area contributed by atoms with Crippen molar-refractivity contribution in [2.75, 3.05) is 0 Å². The number of nitrogens with zero attached hydrogens (tertiary/aromatic N) is 3. The second-order valence-electron chi connectivity index (χ2n) is 8.05. The Morgan fingerprint density at radius 2 is 1.83 bits per heavy atom. The maximum Gasteiger partial charge on any atom is 0.450 e. The van der Waals surface area contributed by atoms with Gasteiger partial charge in [0.1, 0.15) is 11.7 Å². The van der Waals surface area contributed by atoms with Crippen molar-refractivity contribution in [1.29, 1.82) is 5.26 Å². The highest BCUT2D eigenvalue weighted by Gasteiger charge is 2.48. The standard InChI is InChI=1S/C19H17F6N3O/c1-17(2,3)28-8-9(7-26)12-13(18(20,21)22)10-5-4-6-11(14(10)27-16(12)28)15(29)19(23,24)25/h8,11H,4-6H2,1-3H3. The van der Waals surface area contributed by atoms with E-state index in [0.29, 0.717) is 0 Å². The smallest absolute Gasteiger partial charge is 0.326 e. The van der Waals surface area contributed by atoms with Gasteiger partial charge in [0, 0.05) is 17.1 Å². The topological polar surface area (TPSA) is 58.7 Å². The quantitative estimate of drug-likeness (QED) is 0.597. The number of alkyl halides is 6. The lowest BCUT2D eigenvalue weighted by atomic mass is 9.81. The van der Waals surface area contributed by atoms with Crippen molar-refractivity contribution in [2.45, 2.75) is 63.8 Å². The number of pyridine rings is 1. The molecular weight excluding hydrogens is 400 g/mol. The van der Waals surface area contributed by atoms with Gasteiger partial charge in [-0.15, -0.1) is 0 Å². The summed E-state index contributed by atoms with van der Waals surface area (Å²) in [5.74, 6) is -3.90. The molecule has 0 spiro atoms. The monoisotopic (exact) mass is 417 g/mol. The van der Waals surface area contributed by atoms with Gasteiger partial charge >= 0.3 is 12.4 Å². The van der Waals surface area contributed by atoms with Gasteiger partial charge in [0.2, 0.25) is 5.78 Å². The number of aromatic nitrogens is 2.